The van der Waals surface area contributed by atoms with Crippen molar-refractivity contribution >= 4 is 18.2 Å². The lowest BCUT2D eigenvalue weighted by Crippen LogP contribution is -2.39. The topological polar surface area (TPSA) is 43.4 Å². The maximum Gasteiger partial charge on any atom is 0.192 e. The Morgan fingerprint density at radius 3 is 2.08 bits per heavy atom. The lowest BCUT2D eigenvalue weighted by Gasteiger charge is -2.31. The molecule has 0 heterocycles. The third kappa shape index (κ3) is 6.69. The maximum atomic E-state index is 12.2. The molecule has 138 valence electrons. The van der Waals surface area contributed by atoms with Crippen molar-refractivity contribution in [1.29, 1.82) is 0 Å². The molecule has 0 aliphatic rings. The Balaban J connectivity index is 2.31. The fourth-order valence-electron chi connectivity index (χ4n) is 3.13. The van der Waals surface area contributed by atoms with Gasteiger partial charge in [-0.3, -0.25) is 0 Å². The molecular formula is C19H34O3SSi. The molecule has 1 atom stereocenters. The standard InChI is InChI=1S/C19H34O3SSi/c1-5-24(6-2,7-3)22-18(4)14-10-9-13-17-23(20,21)19-15-11-8-12-16-19/h8,11-12,15-16,18H,5-7,9-10,13-14,17H2,1-4H3. The van der Waals surface area contributed by atoms with Crippen molar-refractivity contribution in [3.8, 4) is 0 Å². The van der Waals surface area contributed by atoms with Crippen LogP contribution < -0.4 is 0 Å². The number of unbranched alkanes of at least 4 members (excludes halogenated alkanes) is 2. The predicted molar refractivity (Wildman–Crippen MR) is 105 cm³/mol. The van der Waals surface area contributed by atoms with E-state index in [1.165, 1.54) is 18.1 Å². The van der Waals surface area contributed by atoms with Gasteiger partial charge in [0.1, 0.15) is 0 Å². The normalized spacial score (nSPS) is 13.8. The highest BCUT2D eigenvalue weighted by Crippen LogP contribution is 2.25. The van der Waals surface area contributed by atoms with Gasteiger partial charge in [0.2, 0.25) is 0 Å². The first kappa shape index (κ1) is 21.4. The van der Waals surface area contributed by atoms with Crippen molar-refractivity contribution in [1.82, 2.24) is 0 Å². The van der Waals surface area contributed by atoms with E-state index in [2.05, 4.69) is 27.7 Å². The molecule has 0 aromatic heterocycles. The van der Waals surface area contributed by atoms with Crippen LogP contribution in [0.3, 0.4) is 0 Å². The van der Waals surface area contributed by atoms with Gasteiger partial charge in [0.25, 0.3) is 0 Å². The van der Waals surface area contributed by atoms with Crippen molar-refractivity contribution in [2.75, 3.05) is 5.75 Å². The summed E-state index contributed by atoms with van der Waals surface area (Å²) in [6.45, 7) is 8.92. The number of hydrogen-bond donors (Lipinski definition) is 0. The number of rotatable bonds is 12. The van der Waals surface area contributed by atoms with Crippen LogP contribution in [0, 0.1) is 0 Å². The summed E-state index contributed by atoms with van der Waals surface area (Å²) in [7, 11) is -4.64. The van der Waals surface area contributed by atoms with Gasteiger partial charge in [0.15, 0.2) is 18.2 Å². The van der Waals surface area contributed by atoms with Gasteiger partial charge in [-0.05, 0) is 50.0 Å². The van der Waals surface area contributed by atoms with Crippen LogP contribution in [0.5, 0.6) is 0 Å². The zero-order chi connectivity index (χ0) is 18.1. The molecule has 0 amide bonds. The van der Waals surface area contributed by atoms with Crippen LogP contribution in [0.2, 0.25) is 18.1 Å². The molecule has 0 aliphatic carbocycles. The fraction of sp³-hybridized carbons (Fsp3) is 0.684. The first-order valence-corrected chi connectivity index (χ1v) is 13.5. The van der Waals surface area contributed by atoms with Crippen LogP contribution >= 0.6 is 0 Å². The molecule has 24 heavy (non-hydrogen) atoms. The zero-order valence-corrected chi connectivity index (χ0v) is 17.6. The van der Waals surface area contributed by atoms with Crippen LogP contribution in [0.1, 0.15) is 53.4 Å². The van der Waals surface area contributed by atoms with Gasteiger partial charge in [0, 0.05) is 6.10 Å². The van der Waals surface area contributed by atoms with Gasteiger partial charge >= 0.3 is 0 Å². The number of benzene rings is 1. The van der Waals surface area contributed by atoms with E-state index >= 15 is 0 Å². The summed E-state index contributed by atoms with van der Waals surface area (Å²) in [4.78, 5) is 0.436. The van der Waals surface area contributed by atoms with E-state index in [0.29, 0.717) is 11.0 Å². The number of sulfone groups is 1. The predicted octanol–water partition coefficient (Wildman–Crippen LogP) is 5.43. The third-order valence-corrected chi connectivity index (χ3v) is 11.6. The SMILES string of the molecule is CC[Si](CC)(CC)OC(C)CCCCCS(=O)(=O)c1ccccc1. The Hall–Kier alpha value is -0.653. The second-order valence-corrected chi connectivity index (χ2v) is 13.5. The van der Waals surface area contributed by atoms with Gasteiger partial charge in [-0.2, -0.15) is 0 Å². The molecule has 1 aromatic rings. The molecular weight excluding hydrogens is 336 g/mol. The molecule has 5 heteroatoms. The molecule has 0 saturated carbocycles. The fourth-order valence-corrected chi connectivity index (χ4v) is 7.50. The van der Waals surface area contributed by atoms with Gasteiger partial charge in [-0.15, -0.1) is 0 Å². The van der Waals surface area contributed by atoms with Crippen LogP contribution in [-0.4, -0.2) is 28.6 Å². The second kappa shape index (κ2) is 10.4. The first-order chi connectivity index (χ1) is 11.4. The average molecular weight is 371 g/mol. The minimum atomic E-state index is -3.13. The molecule has 3 nitrogen and oxygen atoms in total. The highest BCUT2D eigenvalue weighted by molar-refractivity contribution is 7.91. The summed E-state index contributed by atoms with van der Waals surface area (Å²) in [5.74, 6) is 0.240. The molecule has 1 aromatic carbocycles. The van der Waals surface area contributed by atoms with Crippen molar-refractivity contribution in [2.24, 2.45) is 0 Å². The summed E-state index contributed by atoms with van der Waals surface area (Å²) in [6, 6.07) is 12.3. The third-order valence-electron chi connectivity index (χ3n) is 5.01. The monoisotopic (exact) mass is 370 g/mol. The quantitative estimate of drug-likeness (QED) is 0.364. The molecule has 0 aliphatic heterocycles. The molecule has 0 radical (unpaired) electrons. The van der Waals surface area contributed by atoms with Gasteiger partial charge in [0.05, 0.1) is 10.6 Å². The van der Waals surface area contributed by atoms with Crippen molar-refractivity contribution in [3.63, 3.8) is 0 Å². The Morgan fingerprint density at radius 1 is 0.958 bits per heavy atom. The van der Waals surface area contributed by atoms with E-state index < -0.39 is 18.2 Å². The van der Waals surface area contributed by atoms with E-state index in [1.807, 2.05) is 6.07 Å². The van der Waals surface area contributed by atoms with Gasteiger partial charge in [-0.25, -0.2) is 8.42 Å². The molecule has 0 N–H and O–H groups in total. The van der Waals surface area contributed by atoms with Crippen molar-refractivity contribution in [3.05, 3.63) is 30.3 Å². The average Bonchev–Trinajstić information content (AvgIpc) is 2.60. The minimum absolute atomic E-state index is 0.240. The van der Waals surface area contributed by atoms with Crippen LogP contribution in [0.4, 0.5) is 0 Å². The lowest BCUT2D eigenvalue weighted by atomic mass is 10.1. The highest BCUT2D eigenvalue weighted by atomic mass is 32.2. The van der Waals surface area contributed by atoms with E-state index in [0.717, 1.165) is 25.7 Å². The lowest BCUT2D eigenvalue weighted by molar-refractivity contribution is 0.191. The van der Waals surface area contributed by atoms with Crippen LogP contribution in [-0.2, 0) is 14.3 Å². The molecule has 0 bridgehead atoms. The zero-order valence-electron chi connectivity index (χ0n) is 15.8. The van der Waals surface area contributed by atoms with E-state index in [4.69, 9.17) is 4.43 Å². The first-order valence-electron chi connectivity index (χ1n) is 9.34. The number of hydrogen-bond acceptors (Lipinski definition) is 3. The Labute approximate surface area is 149 Å². The summed E-state index contributed by atoms with van der Waals surface area (Å²) in [5.41, 5.74) is 0. The van der Waals surface area contributed by atoms with Crippen LogP contribution in [0.15, 0.2) is 35.2 Å². The highest BCUT2D eigenvalue weighted by Gasteiger charge is 2.30. The maximum absolute atomic E-state index is 12.2. The Kier molecular flexibility index (Phi) is 9.24. The van der Waals surface area contributed by atoms with E-state index in [-0.39, 0.29) is 5.75 Å². The summed E-state index contributed by atoms with van der Waals surface area (Å²) >= 11 is 0. The summed E-state index contributed by atoms with van der Waals surface area (Å²) < 4.78 is 30.9. The van der Waals surface area contributed by atoms with E-state index in [1.54, 1.807) is 24.3 Å². The molecule has 1 rings (SSSR count). The molecule has 0 spiro atoms. The van der Waals surface area contributed by atoms with E-state index in [9.17, 15) is 8.42 Å². The van der Waals surface area contributed by atoms with Crippen LogP contribution in [0.25, 0.3) is 0 Å². The second-order valence-electron chi connectivity index (χ2n) is 6.65. The Bertz CT molecular complexity index is 545. The minimum Gasteiger partial charge on any atom is -0.414 e. The Morgan fingerprint density at radius 2 is 1.54 bits per heavy atom. The van der Waals surface area contributed by atoms with Crippen molar-refractivity contribution in [2.45, 2.75) is 82.5 Å². The van der Waals surface area contributed by atoms with Gasteiger partial charge in [-0.1, -0.05) is 51.8 Å². The largest absolute Gasteiger partial charge is 0.414 e. The molecule has 1 unspecified atom stereocenters. The molecule has 0 fully saturated rings. The van der Waals surface area contributed by atoms with Crippen molar-refractivity contribution < 1.29 is 12.8 Å². The summed E-state index contributed by atoms with van der Waals surface area (Å²) in [5, 5.41) is 0. The van der Waals surface area contributed by atoms with Gasteiger partial charge < -0.3 is 4.43 Å². The smallest absolute Gasteiger partial charge is 0.192 e. The summed E-state index contributed by atoms with van der Waals surface area (Å²) in [6.07, 6.45) is 4.02. The molecule has 0 saturated heterocycles.